The van der Waals surface area contributed by atoms with E-state index < -0.39 is 0 Å². The number of hydrogen-bond acceptors (Lipinski definition) is 0. The third-order valence-electron chi connectivity index (χ3n) is 1.89. The van der Waals surface area contributed by atoms with Crippen molar-refractivity contribution in [3.8, 4) is 0 Å². The summed E-state index contributed by atoms with van der Waals surface area (Å²) in [5.74, 6) is 0. The SMILES string of the molecule is [2H]c1[se]c(C(C)(C)C)c(C)c1C. The normalized spacial score (nSPS) is 13.4. The van der Waals surface area contributed by atoms with Gasteiger partial charge in [-0.25, -0.2) is 0 Å². The van der Waals surface area contributed by atoms with Crippen LogP contribution in [0.3, 0.4) is 0 Å². The van der Waals surface area contributed by atoms with Crippen LogP contribution in [0.1, 0.15) is 37.7 Å². The molecule has 0 aliphatic carbocycles. The van der Waals surface area contributed by atoms with Crippen molar-refractivity contribution in [1.29, 1.82) is 0 Å². The van der Waals surface area contributed by atoms with Crippen LogP contribution in [0.2, 0.25) is 0 Å². The predicted molar refractivity (Wildman–Crippen MR) is 51.6 cm³/mol. The van der Waals surface area contributed by atoms with Gasteiger partial charge in [-0.1, -0.05) is 0 Å². The van der Waals surface area contributed by atoms with Crippen molar-refractivity contribution in [2.24, 2.45) is 0 Å². The average Bonchev–Trinajstić information content (AvgIpc) is 2.15. The molecule has 0 nitrogen and oxygen atoms in total. The Kier molecular flexibility index (Phi) is 1.95. The molecule has 1 aromatic rings. The molecule has 0 aliphatic rings. The van der Waals surface area contributed by atoms with Gasteiger partial charge in [0, 0.05) is 0 Å². The van der Waals surface area contributed by atoms with Gasteiger partial charge in [0.25, 0.3) is 0 Å². The summed E-state index contributed by atoms with van der Waals surface area (Å²) >= 11 is 0.298. The standard InChI is InChI=1S/C10H16Se/c1-7-6-11-9(8(7)2)10(3,4)5/h6H,1-5H3/i6D. The second-order valence-electron chi connectivity index (χ2n) is 4.03. The van der Waals surface area contributed by atoms with Crippen molar-refractivity contribution in [2.45, 2.75) is 40.0 Å². The fraction of sp³-hybridized carbons (Fsp3) is 0.600. The topological polar surface area (TPSA) is 0 Å². The van der Waals surface area contributed by atoms with Crippen LogP contribution in [0.25, 0.3) is 0 Å². The maximum atomic E-state index is 7.74. The number of rotatable bonds is 0. The van der Waals surface area contributed by atoms with Crippen LogP contribution in [-0.2, 0) is 5.41 Å². The molecule has 0 bridgehead atoms. The molecule has 0 saturated heterocycles. The van der Waals surface area contributed by atoms with E-state index >= 15 is 0 Å². The molecular weight excluding hydrogens is 199 g/mol. The quantitative estimate of drug-likeness (QED) is 0.585. The Hall–Kier alpha value is -0.000519. The Balaban J connectivity index is 3.28. The Bertz CT molecular complexity index is 292. The molecule has 0 aromatic carbocycles. The summed E-state index contributed by atoms with van der Waals surface area (Å²) in [4.78, 5) is 0.866. The molecule has 1 rings (SSSR count). The van der Waals surface area contributed by atoms with Crippen molar-refractivity contribution in [2.75, 3.05) is 0 Å². The molecule has 0 atom stereocenters. The molecule has 11 heavy (non-hydrogen) atoms. The van der Waals surface area contributed by atoms with Crippen LogP contribution in [0.15, 0.2) is 4.92 Å². The fourth-order valence-corrected chi connectivity index (χ4v) is 3.31. The molecule has 0 fully saturated rings. The minimum absolute atomic E-state index is 0.258. The van der Waals surface area contributed by atoms with Gasteiger partial charge in [0.15, 0.2) is 0 Å². The second-order valence-corrected chi connectivity index (χ2v) is 5.75. The first kappa shape index (κ1) is 7.64. The molecule has 0 amide bonds. The van der Waals surface area contributed by atoms with E-state index in [1.54, 1.807) is 0 Å². The maximum absolute atomic E-state index is 7.74. The van der Waals surface area contributed by atoms with Crippen molar-refractivity contribution >= 4 is 14.5 Å². The third kappa shape index (κ3) is 1.77. The van der Waals surface area contributed by atoms with Gasteiger partial charge in [0.1, 0.15) is 0 Å². The van der Waals surface area contributed by atoms with Gasteiger partial charge in [-0.05, 0) is 0 Å². The Morgan fingerprint density at radius 3 is 2.09 bits per heavy atom. The summed E-state index contributed by atoms with van der Waals surface area (Å²) in [6, 6.07) is 0. The molecule has 1 aromatic heterocycles. The van der Waals surface area contributed by atoms with E-state index in [2.05, 4.69) is 34.6 Å². The van der Waals surface area contributed by atoms with E-state index in [0.29, 0.717) is 14.5 Å². The minimum atomic E-state index is 0.258. The van der Waals surface area contributed by atoms with Crippen molar-refractivity contribution in [3.05, 3.63) is 20.5 Å². The molecule has 62 valence electrons. The van der Waals surface area contributed by atoms with Crippen LogP contribution in [-0.4, -0.2) is 14.5 Å². The molecule has 1 heteroatoms. The van der Waals surface area contributed by atoms with Gasteiger partial charge in [-0.2, -0.15) is 0 Å². The molecule has 0 unspecified atom stereocenters. The van der Waals surface area contributed by atoms with E-state index in [-0.39, 0.29) is 5.41 Å². The first-order chi connectivity index (χ1) is 5.34. The van der Waals surface area contributed by atoms with Crippen LogP contribution < -0.4 is 0 Å². The van der Waals surface area contributed by atoms with E-state index in [9.17, 15) is 0 Å². The van der Waals surface area contributed by atoms with Crippen LogP contribution in [0.4, 0.5) is 0 Å². The second kappa shape index (κ2) is 2.80. The van der Waals surface area contributed by atoms with Gasteiger partial charge < -0.3 is 0 Å². The summed E-state index contributed by atoms with van der Waals surface area (Å²) < 4.78 is 9.24. The fourth-order valence-electron chi connectivity index (χ4n) is 1.17. The van der Waals surface area contributed by atoms with Crippen molar-refractivity contribution < 1.29 is 1.37 Å². The van der Waals surface area contributed by atoms with E-state index in [1.807, 2.05) is 0 Å². The zero-order chi connectivity index (χ0) is 9.52. The molecule has 0 aliphatic heterocycles. The van der Waals surface area contributed by atoms with Crippen molar-refractivity contribution in [1.82, 2.24) is 0 Å². The molecular formula is C10H16Se. The van der Waals surface area contributed by atoms with Crippen molar-refractivity contribution in [3.63, 3.8) is 0 Å². The van der Waals surface area contributed by atoms with Crippen LogP contribution >= 0.6 is 0 Å². The molecule has 1 heterocycles. The average molecular weight is 216 g/mol. The van der Waals surface area contributed by atoms with Crippen LogP contribution in [0.5, 0.6) is 0 Å². The Morgan fingerprint density at radius 1 is 1.36 bits per heavy atom. The van der Waals surface area contributed by atoms with E-state index in [4.69, 9.17) is 1.37 Å². The molecule has 0 N–H and O–H groups in total. The van der Waals surface area contributed by atoms with Crippen LogP contribution in [0, 0.1) is 13.8 Å². The third-order valence-corrected chi connectivity index (χ3v) is 5.10. The van der Waals surface area contributed by atoms with E-state index in [0.717, 1.165) is 4.92 Å². The summed E-state index contributed by atoms with van der Waals surface area (Å²) in [6.45, 7) is 10.9. The van der Waals surface area contributed by atoms with Gasteiger partial charge in [-0.3, -0.25) is 0 Å². The Morgan fingerprint density at radius 2 is 1.91 bits per heavy atom. The molecule has 0 saturated carbocycles. The van der Waals surface area contributed by atoms with Gasteiger partial charge >= 0.3 is 76.4 Å². The summed E-state index contributed by atoms with van der Waals surface area (Å²) in [7, 11) is 0. The monoisotopic (exact) mass is 217 g/mol. The molecule has 0 radical (unpaired) electrons. The Labute approximate surface area is 76.8 Å². The van der Waals surface area contributed by atoms with Gasteiger partial charge in [-0.15, -0.1) is 0 Å². The molecule has 0 spiro atoms. The summed E-state index contributed by atoms with van der Waals surface area (Å²) in [6.07, 6.45) is 0. The summed E-state index contributed by atoms with van der Waals surface area (Å²) in [5.41, 5.74) is 2.83. The van der Waals surface area contributed by atoms with Gasteiger partial charge in [0.2, 0.25) is 0 Å². The first-order valence-corrected chi connectivity index (χ1v) is 5.62. The number of hydrogen-bond donors (Lipinski definition) is 0. The summed E-state index contributed by atoms with van der Waals surface area (Å²) in [5, 5.41) is 0. The van der Waals surface area contributed by atoms with Gasteiger partial charge in [0.05, 0.1) is 0 Å². The van der Waals surface area contributed by atoms with E-state index in [1.165, 1.54) is 15.6 Å². The zero-order valence-corrected chi connectivity index (χ0v) is 9.62. The zero-order valence-electron chi connectivity index (χ0n) is 8.91. The first-order valence-electron chi connectivity index (χ1n) is 4.41. The predicted octanol–water partition coefficient (Wildman–Crippen LogP) is 2.66.